The quantitative estimate of drug-likeness (QED) is 0.834. The predicted molar refractivity (Wildman–Crippen MR) is 113 cm³/mol. The number of carbonyl (C=O) groups is 2. The van der Waals surface area contributed by atoms with Gasteiger partial charge >= 0.3 is 0 Å². The van der Waals surface area contributed by atoms with Crippen molar-refractivity contribution in [1.29, 1.82) is 0 Å². The Bertz CT molecular complexity index is 870. The number of nitrogens with one attached hydrogen (secondary N) is 1. The molecule has 1 aromatic heterocycles. The van der Waals surface area contributed by atoms with Gasteiger partial charge in [0.2, 0.25) is 5.91 Å². The standard InChI is InChI=1S/C20H25N3O2S2/c1-12-6-7-14(8-13(12)2)22-17(24)15-10-26-11-23(15)18(25)16-9-21-19(27-16)20(3,4)5/h6-9,15H,10-11H2,1-5H3,(H,22,24). The summed E-state index contributed by atoms with van der Waals surface area (Å²) in [5.41, 5.74) is 2.98. The Morgan fingerprint density at radius 3 is 2.59 bits per heavy atom. The second kappa shape index (κ2) is 7.64. The first-order chi connectivity index (χ1) is 12.7. The van der Waals surface area contributed by atoms with Crippen LogP contribution < -0.4 is 5.32 Å². The van der Waals surface area contributed by atoms with Gasteiger partial charge in [-0.25, -0.2) is 4.98 Å². The number of aromatic nitrogens is 1. The van der Waals surface area contributed by atoms with E-state index in [1.807, 2.05) is 32.0 Å². The summed E-state index contributed by atoms with van der Waals surface area (Å²) in [7, 11) is 0. The molecule has 1 aliphatic heterocycles. The lowest BCUT2D eigenvalue weighted by Gasteiger charge is -2.22. The summed E-state index contributed by atoms with van der Waals surface area (Å²) in [6.45, 7) is 10.3. The van der Waals surface area contributed by atoms with E-state index in [2.05, 4.69) is 31.1 Å². The van der Waals surface area contributed by atoms with Gasteiger partial charge in [-0.15, -0.1) is 23.1 Å². The molecule has 0 bridgehead atoms. The highest BCUT2D eigenvalue weighted by molar-refractivity contribution is 7.99. The molecular formula is C20H25N3O2S2. The largest absolute Gasteiger partial charge is 0.324 e. The van der Waals surface area contributed by atoms with Gasteiger partial charge < -0.3 is 10.2 Å². The molecule has 1 aromatic carbocycles. The summed E-state index contributed by atoms with van der Waals surface area (Å²) in [4.78, 5) is 32.4. The van der Waals surface area contributed by atoms with E-state index in [4.69, 9.17) is 0 Å². The van der Waals surface area contributed by atoms with Crippen molar-refractivity contribution in [3.8, 4) is 0 Å². The maximum atomic E-state index is 13.0. The van der Waals surface area contributed by atoms with Crippen LogP contribution in [0.1, 0.15) is 46.6 Å². The molecule has 2 aromatic rings. The monoisotopic (exact) mass is 403 g/mol. The van der Waals surface area contributed by atoms with Crippen LogP contribution >= 0.6 is 23.1 Å². The lowest BCUT2D eigenvalue weighted by atomic mass is 9.98. The number of hydrogen-bond acceptors (Lipinski definition) is 5. The zero-order chi connectivity index (χ0) is 19.8. The van der Waals surface area contributed by atoms with Gasteiger partial charge in [-0.1, -0.05) is 26.8 Å². The molecule has 27 heavy (non-hydrogen) atoms. The highest BCUT2D eigenvalue weighted by atomic mass is 32.2. The molecule has 5 nitrogen and oxygen atoms in total. The number of aryl methyl sites for hydroxylation is 2. The van der Waals surface area contributed by atoms with Crippen LogP contribution in [0.5, 0.6) is 0 Å². The third kappa shape index (κ3) is 4.35. The fraction of sp³-hybridized carbons (Fsp3) is 0.450. The van der Waals surface area contributed by atoms with Gasteiger partial charge in [0, 0.05) is 16.9 Å². The van der Waals surface area contributed by atoms with Gasteiger partial charge in [0.1, 0.15) is 10.9 Å². The fourth-order valence-corrected chi connectivity index (χ4v) is 4.85. The van der Waals surface area contributed by atoms with Crippen LogP contribution in [0.3, 0.4) is 0 Å². The van der Waals surface area contributed by atoms with E-state index in [0.717, 1.165) is 16.3 Å². The molecule has 2 amide bonds. The van der Waals surface area contributed by atoms with Gasteiger partial charge in [0.15, 0.2) is 0 Å². The average Bonchev–Trinajstić information content (AvgIpc) is 3.26. The van der Waals surface area contributed by atoms with E-state index in [0.29, 0.717) is 16.5 Å². The van der Waals surface area contributed by atoms with E-state index in [9.17, 15) is 9.59 Å². The summed E-state index contributed by atoms with van der Waals surface area (Å²) in [5, 5.41) is 3.88. The Morgan fingerprint density at radius 1 is 1.22 bits per heavy atom. The number of benzene rings is 1. The molecule has 7 heteroatoms. The third-order valence-electron chi connectivity index (χ3n) is 4.58. The molecule has 0 spiro atoms. The number of carbonyl (C=O) groups excluding carboxylic acids is 2. The number of thioether (sulfide) groups is 1. The van der Waals surface area contributed by atoms with Crippen molar-refractivity contribution in [2.24, 2.45) is 0 Å². The molecule has 1 atom stereocenters. The number of amides is 2. The normalized spacial score (nSPS) is 17.2. The average molecular weight is 404 g/mol. The summed E-state index contributed by atoms with van der Waals surface area (Å²) < 4.78 is 0. The van der Waals surface area contributed by atoms with Crippen molar-refractivity contribution in [1.82, 2.24) is 9.88 Å². The van der Waals surface area contributed by atoms with Crippen LogP contribution in [0.15, 0.2) is 24.4 Å². The number of hydrogen-bond donors (Lipinski definition) is 1. The molecule has 1 saturated heterocycles. The first-order valence-corrected chi connectivity index (χ1v) is 10.9. The third-order valence-corrected chi connectivity index (χ3v) is 7.00. The zero-order valence-corrected chi connectivity index (χ0v) is 18.0. The topological polar surface area (TPSA) is 62.3 Å². The van der Waals surface area contributed by atoms with Crippen LogP contribution in [-0.4, -0.2) is 39.4 Å². The minimum absolute atomic E-state index is 0.0942. The molecule has 144 valence electrons. The molecule has 1 aliphatic rings. The lowest BCUT2D eigenvalue weighted by Crippen LogP contribution is -2.44. The van der Waals surface area contributed by atoms with E-state index < -0.39 is 6.04 Å². The van der Waals surface area contributed by atoms with Gasteiger partial charge in [0.05, 0.1) is 17.1 Å². The van der Waals surface area contributed by atoms with Crippen LogP contribution in [0.4, 0.5) is 5.69 Å². The molecule has 0 radical (unpaired) electrons. The number of nitrogens with zero attached hydrogens (tertiary/aromatic N) is 2. The maximum absolute atomic E-state index is 13.0. The van der Waals surface area contributed by atoms with Crippen molar-refractivity contribution in [2.75, 3.05) is 16.9 Å². The van der Waals surface area contributed by atoms with Crippen LogP contribution in [0.25, 0.3) is 0 Å². The van der Waals surface area contributed by atoms with E-state index in [1.54, 1.807) is 22.9 Å². The second-order valence-corrected chi connectivity index (χ2v) is 9.89. The molecule has 1 unspecified atom stereocenters. The number of rotatable bonds is 3. The summed E-state index contributed by atoms with van der Waals surface area (Å²) in [6.07, 6.45) is 1.63. The van der Waals surface area contributed by atoms with Crippen LogP contribution in [-0.2, 0) is 10.2 Å². The Morgan fingerprint density at radius 2 is 1.96 bits per heavy atom. The summed E-state index contributed by atoms with van der Waals surface area (Å²) in [5.74, 6) is 0.866. The predicted octanol–water partition coefficient (Wildman–Crippen LogP) is 4.21. The maximum Gasteiger partial charge on any atom is 0.266 e. The Labute approximate surface area is 168 Å². The van der Waals surface area contributed by atoms with E-state index >= 15 is 0 Å². The lowest BCUT2D eigenvalue weighted by molar-refractivity contribution is -0.119. The van der Waals surface area contributed by atoms with E-state index in [1.165, 1.54) is 16.9 Å². The van der Waals surface area contributed by atoms with Crippen molar-refractivity contribution in [3.05, 3.63) is 45.4 Å². The van der Waals surface area contributed by atoms with Gasteiger partial charge in [-0.05, 0) is 37.1 Å². The minimum Gasteiger partial charge on any atom is -0.324 e. The molecule has 3 rings (SSSR count). The Hall–Kier alpha value is -1.86. The fourth-order valence-electron chi connectivity index (χ4n) is 2.77. The smallest absolute Gasteiger partial charge is 0.266 e. The highest BCUT2D eigenvalue weighted by Gasteiger charge is 2.36. The van der Waals surface area contributed by atoms with Gasteiger partial charge in [-0.2, -0.15) is 0 Å². The van der Waals surface area contributed by atoms with Gasteiger partial charge in [-0.3, -0.25) is 9.59 Å². The zero-order valence-electron chi connectivity index (χ0n) is 16.3. The summed E-state index contributed by atoms with van der Waals surface area (Å²) >= 11 is 3.01. The van der Waals surface area contributed by atoms with Crippen molar-refractivity contribution in [2.45, 2.75) is 46.1 Å². The minimum atomic E-state index is -0.468. The molecular weight excluding hydrogens is 378 g/mol. The van der Waals surface area contributed by atoms with E-state index in [-0.39, 0.29) is 17.2 Å². The SMILES string of the molecule is Cc1ccc(NC(=O)C2CSCN2C(=O)c2cnc(C(C)(C)C)s2)cc1C. The van der Waals surface area contributed by atoms with Gasteiger partial charge in [0.25, 0.3) is 5.91 Å². The molecule has 2 heterocycles. The molecule has 0 aliphatic carbocycles. The Kier molecular flexibility index (Phi) is 5.63. The van der Waals surface area contributed by atoms with Crippen molar-refractivity contribution < 1.29 is 9.59 Å². The second-order valence-electron chi connectivity index (χ2n) is 7.86. The highest BCUT2D eigenvalue weighted by Crippen LogP contribution is 2.30. The first-order valence-electron chi connectivity index (χ1n) is 8.90. The Balaban J connectivity index is 1.74. The summed E-state index contributed by atoms with van der Waals surface area (Å²) in [6, 6.07) is 5.38. The molecule has 1 N–H and O–H groups in total. The van der Waals surface area contributed by atoms with Crippen molar-refractivity contribution >= 4 is 40.6 Å². The number of anilines is 1. The number of thiazole rings is 1. The van der Waals surface area contributed by atoms with Crippen LogP contribution in [0.2, 0.25) is 0 Å². The van der Waals surface area contributed by atoms with Crippen LogP contribution in [0, 0.1) is 13.8 Å². The molecule has 1 fully saturated rings. The molecule has 0 saturated carbocycles. The first kappa shape index (κ1) is 19.9. The van der Waals surface area contributed by atoms with Crippen molar-refractivity contribution in [3.63, 3.8) is 0 Å².